The number of benzene rings is 1. The van der Waals surface area contributed by atoms with Gasteiger partial charge in [-0.3, -0.25) is 14.4 Å². The van der Waals surface area contributed by atoms with Gasteiger partial charge in [-0.25, -0.2) is 4.79 Å². The third-order valence-electron chi connectivity index (χ3n) is 12.6. The summed E-state index contributed by atoms with van der Waals surface area (Å²) < 4.78 is 22.8. The van der Waals surface area contributed by atoms with Gasteiger partial charge in [-0.2, -0.15) is 0 Å². The molecular formula is C47H72O8. The van der Waals surface area contributed by atoms with E-state index in [1.807, 2.05) is 18.2 Å². The second-order valence-corrected chi connectivity index (χ2v) is 16.8. The molecule has 0 N–H and O–H groups in total. The van der Waals surface area contributed by atoms with Gasteiger partial charge in [-0.1, -0.05) is 83.9 Å². The van der Waals surface area contributed by atoms with Crippen molar-refractivity contribution in [2.75, 3.05) is 13.2 Å². The van der Waals surface area contributed by atoms with Crippen LogP contribution in [0.3, 0.4) is 0 Å². The number of ether oxygens (including phenoxy) is 4. The minimum Gasteiger partial charge on any atom is -0.465 e. The highest BCUT2D eigenvalue weighted by Gasteiger charge is 2.32. The quantitative estimate of drug-likeness (QED) is 0.0356. The summed E-state index contributed by atoms with van der Waals surface area (Å²) in [5.74, 6) is 1.19. The summed E-state index contributed by atoms with van der Waals surface area (Å²) in [5.41, 5.74) is 1.81. The van der Waals surface area contributed by atoms with Gasteiger partial charge in [0.25, 0.3) is 0 Å². The average Bonchev–Trinajstić information content (AvgIpc) is 3.20. The molecule has 55 heavy (non-hydrogen) atoms. The van der Waals surface area contributed by atoms with Gasteiger partial charge < -0.3 is 18.9 Å². The van der Waals surface area contributed by atoms with E-state index >= 15 is 0 Å². The summed E-state index contributed by atoms with van der Waals surface area (Å²) in [6.07, 6.45) is 26.0. The number of carbonyl (C=O) groups excluding carboxylic acids is 4. The third-order valence-corrected chi connectivity index (χ3v) is 12.6. The SMILES string of the molecule is C=CC(=O)OCCCCCCOC(=O)Cc1cc(C2CCC(OC(=O)C3CCC(CCCCC)CC3)CC2)ccc1OC(=O)C1CCC(CCCCC)CC1. The topological polar surface area (TPSA) is 105 Å². The predicted octanol–water partition coefficient (Wildman–Crippen LogP) is 11.3. The maximum atomic E-state index is 13.4. The summed E-state index contributed by atoms with van der Waals surface area (Å²) >= 11 is 0. The van der Waals surface area contributed by atoms with Gasteiger partial charge in [0, 0.05) is 11.6 Å². The monoisotopic (exact) mass is 765 g/mol. The van der Waals surface area contributed by atoms with Crippen LogP contribution in [0.4, 0.5) is 0 Å². The van der Waals surface area contributed by atoms with Crippen molar-refractivity contribution in [2.24, 2.45) is 23.7 Å². The van der Waals surface area contributed by atoms with E-state index in [1.165, 1.54) is 51.4 Å². The minimum absolute atomic E-state index is 0.00132. The fraction of sp³-hybridized carbons (Fsp3) is 0.745. The van der Waals surface area contributed by atoms with Crippen molar-refractivity contribution in [3.63, 3.8) is 0 Å². The van der Waals surface area contributed by atoms with E-state index in [2.05, 4.69) is 20.4 Å². The number of hydrogen-bond acceptors (Lipinski definition) is 8. The van der Waals surface area contributed by atoms with Crippen LogP contribution in [0.15, 0.2) is 30.9 Å². The molecule has 0 amide bonds. The summed E-state index contributed by atoms with van der Waals surface area (Å²) in [6.45, 7) is 8.54. The van der Waals surface area contributed by atoms with Gasteiger partial charge in [-0.15, -0.1) is 0 Å². The lowest BCUT2D eigenvalue weighted by molar-refractivity contribution is -0.157. The lowest BCUT2D eigenvalue weighted by Gasteiger charge is -2.32. The molecule has 0 aromatic heterocycles. The zero-order valence-electron chi connectivity index (χ0n) is 34.3. The van der Waals surface area contributed by atoms with Crippen molar-refractivity contribution in [3.8, 4) is 5.75 Å². The van der Waals surface area contributed by atoms with Gasteiger partial charge >= 0.3 is 23.9 Å². The molecule has 0 unspecified atom stereocenters. The largest absolute Gasteiger partial charge is 0.465 e. The van der Waals surface area contributed by atoms with Crippen molar-refractivity contribution in [1.29, 1.82) is 0 Å². The molecule has 0 heterocycles. The van der Waals surface area contributed by atoms with Crippen LogP contribution in [0.2, 0.25) is 0 Å². The van der Waals surface area contributed by atoms with Crippen molar-refractivity contribution >= 4 is 23.9 Å². The van der Waals surface area contributed by atoms with E-state index < -0.39 is 5.97 Å². The Labute approximate surface area is 332 Å². The van der Waals surface area contributed by atoms with Crippen LogP contribution >= 0.6 is 0 Å². The first-order valence-electron chi connectivity index (χ1n) is 22.3. The van der Waals surface area contributed by atoms with E-state index in [-0.39, 0.29) is 48.2 Å². The lowest BCUT2D eigenvalue weighted by Crippen LogP contribution is -2.30. The average molecular weight is 765 g/mol. The Morgan fingerprint density at radius 3 is 1.78 bits per heavy atom. The summed E-state index contributed by atoms with van der Waals surface area (Å²) in [7, 11) is 0. The van der Waals surface area contributed by atoms with Crippen LogP contribution < -0.4 is 4.74 Å². The Hall–Kier alpha value is -3.16. The number of rotatable bonds is 23. The minimum atomic E-state index is -0.415. The molecule has 1 aromatic rings. The molecule has 0 aliphatic heterocycles. The lowest BCUT2D eigenvalue weighted by atomic mass is 9.79. The van der Waals surface area contributed by atoms with Crippen LogP contribution in [-0.4, -0.2) is 43.2 Å². The van der Waals surface area contributed by atoms with E-state index in [0.29, 0.717) is 30.4 Å². The van der Waals surface area contributed by atoms with Crippen molar-refractivity contribution in [1.82, 2.24) is 0 Å². The Morgan fingerprint density at radius 2 is 1.22 bits per heavy atom. The zero-order valence-corrected chi connectivity index (χ0v) is 34.3. The fourth-order valence-electron chi connectivity index (χ4n) is 8.98. The maximum absolute atomic E-state index is 13.4. The molecule has 3 fully saturated rings. The van der Waals surface area contributed by atoms with Crippen LogP contribution in [0, 0.1) is 23.7 Å². The summed E-state index contributed by atoms with van der Waals surface area (Å²) in [4.78, 5) is 50.8. The first-order chi connectivity index (χ1) is 26.8. The van der Waals surface area contributed by atoms with Gasteiger partial charge in [0.2, 0.25) is 0 Å². The van der Waals surface area contributed by atoms with Gasteiger partial charge in [0.15, 0.2) is 0 Å². The highest BCUT2D eigenvalue weighted by molar-refractivity contribution is 5.81. The van der Waals surface area contributed by atoms with E-state index in [4.69, 9.17) is 18.9 Å². The Kier molecular flexibility index (Phi) is 20.4. The van der Waals surface area contributed by atoms with Gasteiger partial charge in [0.1, 0.15) is 11.9 Å². The van der Waals surface area contributed by atoms with Gasteiger partial charge in [-0.05, 0) is 132 Å². The number of esters is 4. The Morgan fingerprint density at radius 1 is 0.655 bits per heavy atom. The Balaban J connectivity index is 1.28. The molecule has 3 saturated carbocycles. The molecular weight excluding hydrogens is 693 g/mol. The van der Waals surface area contributed by atoms with E-state index in [9.17, 15) is 19.2 Å². The van der Waals surface area contributed by atoms with Crippen LogP contribution in [0.1, 0.15) is 185 Å². The van der Waals surface area contributed by atoms with Crippen LogP contribution in [0.25, 0.3) is 0 Å². The standard InChI is InChI=1S/C47H72O8/c1-4-7-11-15-35-17-21-38(22-18-35)46(50)54-42-28-25-37(26-29-42)40-27-30-43(55-47(51)39-23-19-36(20-24-39)16-12-8-5-2)41(33-40)34-45(49)53-32-14-10-9-13-31-52-44(48)6-3/h6,27,30,33,35-39,42H,3-5,7-26,28-29,31-32,34H2,1-2H3. The van der Waals surface area contributed by atoms with Crippen LogP contribution in [0.5, 0.6) is 5.75 Å². The molecule has 0 radical (unpaired) electrons. The number of unbranched alkanes of at least 4 members (excludes halogenated alkanes) is 7. The first kappa shape index (κ1) is 44.6. The maximum Gasteiger partial charge on any atom is 0.330 e. The predicted molar refractivity (Wildman–Crippen MR) is 217 cm³/mol. The van der Waals surface area contributed by atoms with E-state index in [1.54, 1.807) is 0 Å². The molecule has 3 aliphatic rings. The first-order valence-corrected chi connectivity index (χ1v) is 22.3. The second-order valence-electron chi connectivity index (χ2n) is 16.8. The molecule has 8 heteroatoms. The summed E-state index contributed by atoms with van der Waals surface area (Å²) in [6, 6.07) is 5.95. The molecule has 0 saturated heterocycles. The molecule has 308 valence electrons. The van der Waals surface area contributed by atoms with Crippen molar-refractivity contribution in [3.05, 3.63) is 42.0 Å². The molecule has 3 aliphatic carbocycles. The van der Waals surface area contributed by atoms with Crippen molar-refractivity contribution < 1.29 is 38.1 Å². The van der Waals surface area contributed by atoms with Crippen LogP contribution in [-0.2, 0) is 39.8 Å². The highest BCUT2D eigenvalue weighted by atomic mass is 16.5. The fourth-order valence-corrected chi connectivity index (χ4v) is 8.98. The van der Waals surface area contributed by atoms with Gasteiger partial charge in [0.05, 0.1) is 31.5 Å². The number of carbonyl (C=O) groups is 4. The third kappa shape index (κ3) is 16.1. The summed E-state index contributed by atoms with van der Waals surface area (Å²) in [5, 5.41) is 0. The highest BCUT2D eigenvalue weighted by Crippen LogP contribution is 2.39. The smallest absolute Gasteiger partial charge is 0.330 e. The van der Waals surface area contributed by atoms with Crippen molar-refractivity contribution in [2.45, 2.75) is 186 Å². The second kappa shape index (κ2) is 25.2. The molecule has 1 aromatic carbocycles. The Bertz CT molecular complexity index is 1310. The normalized spacial score (nSPS) is 24.0. The molecule has 8 nitrogen and oxygen atoms in total. The molecule has 0 spiro atoms. The zero-order chi connectivity index (χ0) is 39.3. The molecule has 0 atom stereocenters. The number of hydrogen-bond donors (Lipinski definition) is 0. The molecule has 4 rings (SSSR count). The van der Waals surface area contributed by atoms with E-state index in [0.717, 1.165) is 120 Å². The molecule has 0 bridgehead atoms.